The van der Waals surface area contributed by atoms with Gasteiger partial charge in [0.1, 0.15) is 5.84 Å². The minimum atomic E-state index is -4.56. The first-order chi connectivity index (χ1) is 20.4. The highest BCUT2D eigenvalue weighted by Crippen LogP contribution is 2.66. The summed E-state index contributed by atoms with van der Waals surface area (Å²) in [5, 5.41) is 5.78. The Hall–Kier alpha value is -3.72. The van der Waals surface area contributed by atoms with Crippen LogP contribution in [0.1, 0.15) is 29.7 Å². The predicted octanol–water partition coefficient (Wildman–Crippen LogP) is 7.08. The van der Waals surface area contributed by atoms with Gasteiger partial charge in [-0.25, -0.2) is 19.1 Å². The lowest BCUT2D eigenvalue weighted by Crippen LogP contribution is -2.48. The number of amidine groups is 1. The van der Waals surface area contributed by atoms with Crippen LogP contribution in [0.4, 0.5) is 24.7 Å². The largest absolute Gasteiger partial charge is 0.418 e. The number of fused-ring (bicyclic) bond motifs is 1. The van der Waals surface area contributed by atoms with Crippen molar-refractivity contribution < 1.29 is 17.9 Å². The van der Waals surface area contributed by atoms with Crippen LogP contribution >= 0.6 is 7.36 Å². The molecule has 1 atom stereocenters. The molecule has 0 N–H and O–H groups in total. The van der Waals surface area contributed by atoms with Crippen molar-refractivity contribution in [1.82, 2.24) is 19.1 Å². The molecule has 0 radical (unpaired) electrons. The molecule has 1 saturated carbocycles. The standard InChI is InChI=1S/C31H30F3N6OP/c1-22-28-30(39(36-22)24-12-6-3-7-13-24)35-29(23-10-4-2-5-11-23)40(25-16-17-25)42(28,38-18-20-41-21-19-38)37-27-15-9-8-14-26(27)31(32,33)34/h2-15,25H,16-21H2,1H3/t42-/m0/s1. The minimum Gasteiger partial charge on any atom is -0.379 e. The van der Waals surface area contributed by atoms with Gasteiger partial charge in [0.25, 0.3) is 0 Å². The first kappa shape index (κ1) is 27.1. The molecule has 2 fully saturated rings. The summed E-state index contributed by atoms with van der Waals surface area (Å²) in [5.41, 5.74) is 1.62. The number of aliphatic imine (C=N–C) groups is 1. The summed E-state index contributed by atoms with van der Waals surface area (Å²) >= 11 is 0. The molecule has 11 heteroatoms. The maximum atomic E-state index is 14.4. The topological polar surface area (TPSA) is 58.3 Å². The first-order valence-corrected chi connectivity index (χ1v) is 15.7. The first-order valence-electron chi connectivity index (χ1n) is 14.1. The molecular weight excluding hydrogens is 560 g/mol. The molecule has 4 aromatic rings. The third kappa shape index (κ3) is 4.58. The van der Waals surface area contributed by atoms with E-state index in [9.17, 15) is 13.2 Å². The van der Waals surface area contributed by atoms with Crippen molar-refractivity contribution in [1.29, 1.82) is 0 Å². The zero-order chi connectivity index (χ0) is 28.9. The molecule has 0 spiro atoms. The highest BCUT2D eigenvalue weighted by Gasteiger charge is 2.52. The lowest BCUT2D eigenvalue weighted by atomic mass is 10.2. The van der Waals surface area contributed by atoms with Gasteiger partial charge in [0.05, 0.1) is 41.2 Å². The Kier molecular flexibility index (Phi) is 6.80. The van der Waals surface area contributed by atoms with Crippen molar-refractivity contribution in [3.63, 3.8) is 0 Å². The van der Waals surface area contributed by atoms with E-state index in [-0.39, 0.29) is 11.7 Å². The molecule has 1 saturated heterocycles. The van der Waals surface area contributed by atoms with Gasteiger partial charge in [-0.1, -0.05) is 60.7 Å². The lowest BCUT2D eigenvalue weighted by molar-refractivity contribution is -0.137. The molecule has 0 bridgehead atoms. The molecule has 42 heavy (non-hydrogen) atoms. The molecule has 7 nitrogen and oxygen atoms in total. The number of nitrogens with zero attached hydrogens (tertiary/aromatic N) is 6. The van der Waals surface area contributed by atoms with E-state index in [4.69, 9.17) is 19.6 Å². The lowest BCUT2D eigenvalue weighted by Gasteiger charge is -2.48. The summed E-state index contributed by atoms with van der Waals surface area (Å²) in [7, 11) is -3.14. The number of ether oxygens (including phenoxy) is 1. The Morgan fingerprint density at radius 2 is 1.52 bits per heavy atom. The molecule has 0 unspecified atom stereocenters. The molecule has 7 rings (SSSR count). The fraction of sp³-hybridized carbons (Fsp3) is 0.290. The second kappa shape index (κ2) is 10.5. The second-order valence-corrected chi connectivity index (χ2v) is 13.4. The van der Waals surface area contributed by atoms with E-state index in [2.05, 4.69) is 9.34 Å². The molecule has 216 valence electrons. The zero-order valence-corrected chi connectivity index (χ0v) is 24.0. The Morgan fingerprint density at radius 3 is 2.19 bits per heavy atom. The van der Waals surface area contributed by atoms with Gasteiger partial charge in [-0.05, 0) is 44.0 Å². The van der Waals surface area contributed by atoms with Crippen LogP contribution in [0, 0.1) is 6.92 Å². The van der Waals surface area contributed by atoms with Crippen molar-refractivity contribution in [3.05, 3.63) is 102 Å². The number of morpholine rings is 1. The van der Waals surface area contributed by atoms with Crippen molar-refractivity contribution >= 4 is 30.0 Å². The average Bonchev–Trinajstić information content (AvgIpc) is 3.79. The third-order valence-corrected chi connectivity index (χ3v) is 11.7. The van der Waals surface area contributed by atoms with Crippen molar-refractivity contribution in [2.24, 2.45) is 9.74 Å². The fourth-order valence-corrected chi connectivity index (χ4v) is 10.1. The highest BCUT2D eigenvalue weighted by atomic mass is 31.2. The van der Waals surface area contributed by atoms with Gasteiger partial charge in [-0.3, -0.25) is 0 Å². The minimum absolute atomic E-state index is 0.0670. The van der Waals surface area contributed by atoms with Gasteiger partial charge in [0.2, 0.25) is 0 Å². The number of hydrogen-bond donors (Lipinski definition) is 0. The normalized spacial score (nSPS) is 21.1. The van der Waals surface area contributed by atoms with E-state index < -0.39 is 19.1 Å². The smallest absolute Gasteiger partial charge is 0.379 e. The summed E-state index contributed by atoms with van der Waals surface area (Å²) in [6.45, 7) is 3.93. The summed E-state index contributed by atoms with van der Waals surface area (Å²) in [5.74, 6) is 1.33. The molecular formula is C31H30F3N6OP. The summed E-state index contributed by atoms with van der Waals surface area (Å²) in [4.78, 5) is 5.29. The van der Waals surface area contributed by atoms with Crippen LogP contribution in [0.15, 0.2) is 94.7 Å². The highest BCUT2D eigenvalue weighted by molar-refractivity contribution is 7.70. The Balaban J connectivity index is 1.62. The quantitative estimate of drug-likeness (QED) is 0.233. The molecule has 2 aliphatic heterocycles. The Labute approximate surface area is 242 Å². The van der Waals surface area contributed by atoms with E-state index in [1.807, 2.05) is 72.3 Å². The van der Waals surface area contributed by atoms with E-state index in [0.717, 1.165) is 41.3 Å². The number of halogens is 3. The number of hydrogen-bond acceptors (Lipinski definition) is 4. The predicted molar refractivity (Wildman–Crippen MR) is 158 cm³/mol. The second-order valence-electron chi connectivity index (χ2n) is 10.6. The summed E-state index contributed by atoms with van der Waals surface area (Å²) in [6, 6.07) is 25.4. The van der Waals surface area contributed by atoms with E-state index in [1.54, 1.807) is 6.07 Å². The molecule has 3 heterocycles. The maximum absolute atomic E-state index is 14.4. The van der Waals surface area contributed by atoms with Gasteiger partial charge >= 0.3 is 6.18 Å². The molecule has 3 aromatic carbocycles. The van der Waals surface area contributed by atoms with Gasteiger partial charge in [0.15, 0.2) is 13.2 Å². The van der Waals surface area contributed by atoms with Crippen LogP contribution in [0.2, 0.25) is 0 Å². The summed E-state index contributed by atoms with van der Waals surface area (Å²) in [6.07, 6.45) is -2.73. The average molecular weight is 591 g/mol. The Morgan fingerprint density at radius 1 is 0.881 bits per heavy atom. The van der Waals surface area contributed by atoms with Crippen LogP contribution in [0.3, 0.4) is 0 Å². The number of rotatable bonds is 5. The summed E-state index contributed by atoms with van der Waals surface area (Å²) < 4.78 is 60.8. The monoisotopic (exact) mass is 590 g/mol. The van der Waals surface area contributed by atoms with Crippen molar-refractivity contribution in [2.75, 3.05) is 26.3 Å². The molecule has 1 aliphatic carbocycles. The van der Waals surface area contributed by atoms with Crippen LogP contribution in [-0.4, -0.2) is 57.3 Å². The van der Waals surface area contributed by atoms with Crippen molar-refractivity contribution in [2.45, 2.75) is 32.0 Å². The SMILES string of the molecule is Cc1nn(-c2ccccc2)c2c1[P@](=Nc1ccccc1C(F)(F)F)(N1CCOCC1)N(C1CC1)C(c1ccccc1)=N2. The third-order valence-electron chi connectivity index (χ3n) is 7.80. The number of para-hydroxylation sites is 1. The number of alkyl halides is 3. The Bertz CT molecular complexity index is 1690. The van der Waals surface area contributed by atoms with Crippen molar-refractivity contribution in [3.8, 4) is 5.69 Å². The van der Waals surface area contributed by atoms with Crippen LogP contribution in [-0.2, 0) is 10.9 Å². The van der Waals surface area contributed by atoms with Crippen LogP contribution in [0.25, 0.3) is 5.69 Å². The number of benzene rings is 3. The zero-order valence-electron chi connectivity index (χ0n) is 23.1. The molecule has 3 aliphatic rings. The van der Waals surface area contributed by atoms with E-state index in [0.29, 0.717) is 37.8 Å². The maximum Gasteiger partial charge on any atom is 0.418 e. The fourth-order valence-electron chi connectivity index (χ4n) is 5.83. The number of aromatic nitrogens is 2. The molecule has 0 amide bonds. The van der Waals surface area contributed by atoms with E-state index in [1.165, 1.54) is 12.1 Å². The number of aryl methyl sites for hydroxylation is 1. The van der Waals surface area contributed by atoms with Crippen LogP contribution < -0.4 is 5.30 Å². The van der Waals surface area contributed by atoms with Gasteiger partial charge in [0, 0.05) is 24.7 Å². The van der Waals surface area contributed by atoms with Gasteiger partial charge in [-0.15, -0.1) is 0 Å². The molecule has 1 aromatic heterocycles. The van der Waals surface area contributed by atoms with Crippen LogP contribution in [0.5, 0.6) is 0 Å². The van der Waals surface area contributed by atoms with Gasteiger partial charge in [-0.2, -0.15) is 18.3 Å². The van der Waals surface area contributed by atoms with Gasteiger partial charge < -0.3 is 9.41 Å². The van der Waals surface area contributed by atoms with E-state index >= 15 is 0 Å².